The maximum Gasteiger partial charge on any atom is 0.153 e. The number of hydrogen-bond donors (Lipinski definition) is 0. The molecule has 0 aromatic carbocycles. The highest BCUT2D eigenvalue weighted by Gasteiger charge is 1.98. The Hall–Kier alpha value is -0.830. The van der Waals surface area contributed by atoms with Gasteiger partial charge in [-0.15, -0.1) is 5.10 Å². The fourth-order valence-electron chi connectivity index (χ4n) is 0.723. The van der Waals surface area contributed by atoms with Gasteiger partial charge in [0.1, 0.15) is 0 Å². The summed E-state index contributed by atoms with van der Waals surface area (Å²) in [5.74, 6) is 0. The maximum atomic E-state index is 5.65. The van der Waals surface area contributed by atoms with Gasteiger partial charge in [0.05, 0.1) is 11.9 Å². The Morgan fingerprint density at radius 2 is 2.36 bits per heavy atom. The summed E-state index contributed by atoms with van der Waals surface area (Å²) < 4.78 is 0. The van der Waals surface area contributed by atoms with Gasteiger partial charge >= 0.3 is 0 Å². The minimum Gasteiger partial charge on any atom is -0.373 e. The number of anilines is 1. The van der Waals surface area contributed by atoms with Crippen LogP contribution < -0.4 is 4.90 Å². The zero-order chi connectivity index (χ0) is 8.27. The molecule has 60 valence electrons. The van der Waals surface area contributed by atoms with Gasteiger partial charge in [-0.25, -0.2) is 0 Å². The molecule has 0 atom stereocenters. The Labute approximate surface area is 71.0 Å². The number of halogens is 1. The summed E-state index contributed by atoms with van der Waals surface area (Å²) in [7, 11) is 1.98. The van der Waals surface area contributed by atoms with Crippen molar-refractivity contribution in [2.45, 2.75) is 6.92 Å². The smallest absolute Gasteiger partial charge is 0.153 e. The summed E-state index contributed by atoms with van der Waals surface area (Å²) in [5, 5.41) is 7.81. The third kappa shape index (κ3) is 2.05. The highest BCUT2D eigenvalue weighted by Crippen LogP contribution is 2.13. The molecule has 1 rings (SSSR count). The van der Waals surface area contributed by atoms with Crippen molar-refractivity contribution in [1.29, 1.82) is 0 Å². The first kappa shape index (κ1) is 8.27. The lowest BCUT2D eigenvalue weighted by Gasteiger charge is -2.15. The lowest BCUT2D eigenvalue weighted by molar-refractivity contribution is 0.938. The number of rotatable bonds is 2. The van der Waals surface area contributed by atoms with Crippen molar-refractivity contribution in [1.82, 2.24) is 10.2 Å². The van der Waals surface area contributed by atoms with Crippen LogP contribution in [0.1, 0.15) is 6.92 Å². The number of nitrogens with zero attached hydrogens (tertiary/aromatic N) is 3. The minimum atomic E-state index is 0.433. The molecule has 1 aromatic heterocycles. The average Bonchev–Trinajstić information content (AvgIpc) is 2.03. The lowest BCUT2D eigenvalue weighted by atomic mass is 10.4. The molecule has 1 aromatic rings. The van der Waals surface area contributed by atoms with E-state index >= 15 is 0 Å². The van der Waals surface area contributed by atoms with Crippen molar-refractivity contribution >= 4 is 17.3 Å². The van der Waals surface area contributed by atoms with Crippen molar-refractivity contribution in [3.63, 3.8) is 0 Å². The fraction of sp³-hybridized carbons (Fsp3) is 0.429. The van der Waals surface area contributed by atoms with E-state index in [1.165, 1.54) is 0 Å². The molecule has 0 saturated heterocycles. The van der Waals surface area contributed by atoms with Gasteiger partial charge < -0.3 is 4.90 Å². The topological polar surface area (TPSA) is 29.0 Å². The van der Waals surface area contributed by atoms with Crippen molar-refractivity contribution in [2.24, 2.45) is 0 Å². The van der Waals surface area contributed by atoms with Gasteiger partial charge in [0.25, 0.3) is 0 Å². The van der Waals surface area contributed by atoms with Crippen molar-refractivity contribution in [3.05, 3.63) is 17.4 Å². The first-order valence-electron chi connectivity index (χ1n) is 3.43. The molecule has 1 heterocycles. The Balaban J connectivity index is 2.86. The fourth-order valence-corrected chi connectivity index (χ4v) is 0.878. The zero-order valence-corrected chi connectivity index (χ0v) is 7.34. The summed E-state index contributed by atoms with van der Waals surface area (Å²) in [6.45, 7) is 3.00. The van der Waals surface area contributed by atoms with Crippen LogP contribution in [0, 0.1) is 0 Å². The second kappa shape index (κ2) is 3.53. The monoisotopic (exact) mass is 171 g/mol. The third-order valence-corrected chi connectivity index (χ3v) is 1.71. The van der Waals surface area contributed by atoms with E-state index in [2.05, 4.69) is 17.1 Å². The number of hydrogen-bond acceptors (Lipinski definition) is 3. The normalized spacial score (nSPS) is 9.73. The summed E-state index contributed by atoms with van der Waals surface area (Å²) in [6.07, 6.45) is 1.69. The van der Waals surface area contributed by atoms with Crippen molar-refractivity contribution < 1.29 is 0 Å². The van der Waals surface area contributed by atoms with Gasteiger partial charge in [0.2, 0.25) is 0 Å². The molecule has 0 N–H and O–H groups in total. The van der Waals surface area contributed by atoms with Crippen LogP contribution in [0.2, 0.25) is 5.15 Å². The lowest BCUT2D eigenvalue weighted by Crippen LogP contribution is -2.15. The number of aromatic nitrogens is 2. The van der Waals surface area contributed by atoms with Gasteiger partial charge in [-0.1, -0.05) is 11.6 Å². The Morgan fingerprint density at radius 3 is 2.91 bits per heavy atom. The van der Waals surface area contributed by atoms with Crippen LogP contribution in [-0.2, 0) is 0 Å². The summed E-state index contributed by atoms with van der Waals surface area (Å²) >= 11 is 5.65. The molecule has 0 amide bonds. The predicted molar refractivity (Wildman–Crippen MR) is 46.0 cm³/mol. The molecule has 0 unspecified atom stereocenters. The van der Waals surface area contributed by atoms with Crippen molar-refractivity contribution in [3.8, 4) is 0 Å². The predicted octanol–water partition coefficient (Wildman–Crippen LogP) is 1.59. The second-order valence-corrected chi connectivity index (χ2v) is 2.64. The Kier molecular flexibility index (Phi) is 2.65. The van der Waals surface area contributed by atoms with Crippen LogP contribution >= 0.6 is 11.6 Å². The van der Waals surface area contributed by atoms with E-state index in [1.54, 1.807) is 12.3 Å². The van der Waals surface area contributed by atoms with E-state index in [4.69, 9.17) is 11.6 Å². The van der Waals surface area contributed by atoms with Gasteiger partial charge in [0, 0.05) is 19.7 Å². The summed E-state index contributed by atoms with van der Waals surface area (Å²) in [4.78, 5) is 2.04. The molecular weight excluding hydrogens is 162 g/mol. The van der Waals surface area contributed by atoms with Gasteiger partial charge in [0.15, 0.2) is 5.15 Å². The highest BCUT2D eigenvalue weighted by molar-refractivity contribution is 6.29. The van der Waals surface area contributed by atoms with E-state index in [-0.39, 0.29) is 0 Å². The van der Waals surface area contributed by atoms with Gasteiger partial charge in [-0.2, -0.15) is 5.10 Å². The molecular formula is C7H10ClN3. The van der Waals surface area contributed by atoms with Crippen LogP contribution in [-0.4, -0.2) is 23.8 Å². The van der Waals surface area contributed by atoms with Crippen LogP contribution in [0.4, 0.5) is 5.69 Å². The van der Waals surface area contributed by atoms with Crippen LogP contribution in [0.3, 0.4) is 0 Å². The summed E-state index contributed by atoms with van der Waals surface area (Å²) in [6, 6.07) is 1.79. The molecule has 0 aliphatic carbocycles. The quantitative estimate of drug-likeness (QED) is 0.677. The molecule has 4 heteroatoms. The molecule has 0 fully saturated rings. The Bertz CT molecular complexity index is 239. The maximum absolute atomic E-state index is 5.65. The molecule has 0 aliphatic rings. The zero-order valence-electron chi connectivity index (χ0n) is 6.58. The SMILES string of the molecule is CCN(C)c1cnnc(Cl)c1. The summed E-state index contributed by atoms with van der Waals surface area (Å²) in [5.41, 5.74) is 0.993. The molecule has 11 heavy (non-hydrogen) atoms. The molecule has 0 spiro atoms. The highest BCUT2D eigenvalue weighted by atomic mass is 35.5. The standard InChI is InChI=1S/C7H10ClN3/c1-3-11(2)6-4-7(8)10-9-5-6/h4-5H,3H2,1-2H3. The van der Waals surface area contributed by atoms with Crippen molar-refractivity contribution in [2.75, 3.05) is 18.5 Å². The third-order valence-electron chi connectivity index (χ3n) is 1.53. The van der Waals surface area contributed by atoms with Gasteiger partial charge in [-0.05, 0) is 6.92 Å². The van der Waals surface area contributed by atoms with Gasteiger partial charge in [-0.3, -0.25) is 0 Å². The van der Waals surface area contributed by atoms with E-state index in [1.807, 2.05) is 11.9 Å². The van der Waals surface area contributed by atoms with Crippen LogP contribution in [0.5, 0.6) is 0 Å². The molecule has 0 saturated carbocycles. The largest absolute Gasteiger partial charge is 0.373 e. The molecule has 3 nitrogen and oxygen atoms in total. The molecule has 0 bridgehead atoms. The van der Waals surface area contributed by atoms with Crippen LogP contribution in [0.15, 0.2) is 12.3 Å². The first-order valence-corrected chi connectivity index (χ1v) is 3.81. The second-order valence-electron chi connectivity index (χ2n) is 2.25. The van der Waals surface area contributed by atoms with E-state index < -0.39 is 0 Å². The average molecular weight is 172 g/mol. The Morgan fingerprint density at radius 1 is 1.64 bits per heavy atom. The molecule has 0 radical (unpaired) electrons. The van der Waals surface area contributed by atoms with E-state index in [0.29, 0.717) is 5.15 Å². The van der Waals surface area contributed by atoms with E-state index in [0.717, 1.165) is 12.2 Å². The van der Waals surface area contributed by atoms with E-state index in [9.17, 15) is 0 Å². The minimum absolute atomic E-state index is 0.433. The van der Waals surface area contributed by atoms with Crippen LogP contribution in [0.25, 0.3) is 0 Å². The molecule has 0 aliphatic heterocycles. The first-order chi connectivity index (χ1) is 5.24.